The fraction of sp³-hybridized carbons (Fsp3) is 0.357. The van der Waals surface area contributed by atoms with Gasteiger partial charge in [-0.1, -0.05) is 12.1 Å². The average Bonchev–Trinajstić information content (AvgIpc) is 2.95. The largest absolute Gasteiger partial charge is 0.453 e. The highest BCUT2D eigenvalue weighted by atomic mass is 16.5. The molecule has 0 radical (unpaired) electrons. The van der Waals surface area contributed by atoms with Gasteiger partial charge in [0.1, 0.15) is 5.82 Å². The molecule has 1 saturated heterocycles. The van der Waals surface area contributed by atoms with Crippen molar-refractivity contribution in [2.45, 2.75) is 12.5 Å². The molecule has 2 aromatic rings. The van der Waals surface area contributed by atoms with Crippen molar-refractivity contribution in [2.75, 3.05) is 25.5 Å². The Morgan fingerprint density at radius 1 is 1.40 bits per heavy atom. The number of nitrogens with one attached hydrogen (secondary N) is 1. The molecular formula is C14H16N4O2. The van der Waals surface area contributed by atoms with Crippen molar-refractivity contribution in [3.8, 4) is 0 Å². The van der Waals surface area contributed by atoms with Crippen molar-refractivity contribution in [2.24, 2.45) is 0 Å². The summed E-state index contributed by atoms with van der Waals surface area (Å²) >= 11 is 0. The van der Waals surface area contributed by atoms with E-state index < -0.39 is 0 Å². The molecular weight excluding hydrogens is 256 g/mol. The van der Waals surface area contributed by atoms with Gasteiger partial charge >= 0.3 is 6.09 Å². The molecule has 1 N–H and O–H groups in total. The van der Waals surface area contributed by atoms with E-state index in [1.165, 1.54) is 7.11 Å². The van der Waals surface area contributed by atoms with Crippen LogP contribution in [0.5, 0.6) is 0 Å². The Balaban J connectivity index is 1.69. The van der Waals surface area contributed by atoms with Gasteiger partial charge in [-0.05, 0) is 18.6 Å². The highest BCUT2D eigenvalue weighted by molar-refractivity contribution is 5.75. The number of likely N-dealkylation sites (tertiary alicyclic amines) is 1. The van der Waals surface area contributed by atoms with Crippen molar-refractivity contribution < 1.29 is 9.53 Å². The number of carbonyl (C=O) groups excluding carboxylic acids is 1. The summed E-state index contributed by atoms with van der Waals surface area (Å²) in [5.74, 6) is 0.736. The zero-order valence-electron chi connectivity index (χ0n) is 11.2. The van der Waals surface area contributed by atoms with Crippen LogP contribution in [0.4, 0.5) is 10.6 Å². The smallest absolute Gasteiger partial charge is 0.409 e. The zero-order chi connectivity index (χ0) is 13.9. The van der Waals surface area contributed by atoms with Crippen LogP contribution in [0.3, 0.4) is 0 Å². The third-order valence-corrected chi connectivity index (χ3v) is 3.42. The molecule has 1 aliphatic heterocycles. The fourth-order valence-electron chi connectivity index (χ4n) is 2.41. The van der Waals surface area contributed by atoms with Crippen molar-refractivity contribution >= 4 is 22.9 Å². The number of carbonyl (C=O) groups is 1. The highest BCUT2D eigenvalue weighted by Gasteiger charge is 2.26. The quantitative estimate of drug-likeness (QED) is 0.904. The maximum atomic E-state index is 11.4. The fourth-order valence-corrected chi connectivity index (χ4v) is 2.41. The van der Waals surface area contributed by atoms with E-state index >= 15 is 0 Å². The molecule has 0 bridgehead atoms. The van der Waals surface area contributed by atoms with E-state index in [2.05, 4.69) is 15.3 Å². The SMILES string of the molecule is COC(=O)N1CC[C@H](Nc2cnc3ccccc3n2)C1. The van der Waals surface area contributed by atoms with Crippen LogP contribution in [-0.2, 0) is 4.74 Å². The van der Waals surface area contributed by atoms with Gasteiger partial charge in [-0.3, -0.25) is 4.98 Å². The van der Waals surface area contributed by atoms with Crippen molar-refractivity contribution in [1.29, 1.82) is 0 Å². The first kappa shape index (κ1) is 12.7. The minimum atomic E-state index is -0.279. The Bertz CT molecular complexity index is 631. The Hall–Kier alpha value is -2.37. The molecule has 1 fully saturated rings. The van der Waals surface area contributed by atoms with Gasteiger partial charge in [0, 0.05) is 19.1 Å². The van der Waals surface area contributed by atoms with Crippen LogP contribution in [0.2, 0.25) is 0 Å². The van der Waals surface area contributed by atoms with Crippen molar-refractivity contribution in [1.82, 2.24) is 14.9 Å². The summed E-state index contributed by atoms with van der Waals surface area (Å²) in [6.07, 6.45) is 2.33. The van der Waals surface area contributed by atoms with Gasteiger partial charge in [-0.2, -0.15) is 0 Å². The van der Waals surface area contributed by atoms with Crippen LogP contribution in [-0.4, -0.2) is 47.2 Å². The van der Waals surface area contributed by atoms with Crippen LogP contribution in [0.25, 0.3) is 11.0 Å². The van der Waals surface area contributed by atoms with Gasteiger partial charge in [-0.25, -0.2) is 9.78 Å². The van der Waals surface area contributed by atoms with Crippen molar-refractivity contribution in [3.63, 3.8) is 0 Å². The predicted molar refractivity (Wildman–Crippen MR) is 75.5 cm³/mol. The molecule has 3 rings (SSSR count). The summed E-state index contributed by atoms with van der Waals surface area (Å²) in [6, 6.07) is 7.93. The van der Waals surface area contributed by atoms with Gasteiger partial charge in [0.2, 0.25) is 0 Å². The molecule has 104 valence electrons. The first-order chi connectivity index (χ1) is 9.76. The van der Waals surface area contributed by atoms with Gasteiger partial charge in [0.05, 0.1) is 24.3 Å². The van der Waals surface area contributed by atoms with Crippen LogP contribution in [0.15, 0.2) is 30.5 Å². The Kier molecular flexibility index (Phi) is 3.37. The average molecular weight is 272 g/mol. The molecule has 1 aromatic heterocycles. The predicted octanol–water partition coefficient (Wildman–Crippen LogP) is 1.88. The lowest BCUT2D eigenvalue weighted by molar-refractivity contribution is 0.133. The number of amides is 1. The van der Waals surface area contributed by atoms with E-state index in [1.807, 2.05) is 24.3 Å². The van der Waals surface area contributed by atoms with Gasteiger partial charge in [0.25, 0.3) is 0 Å². The molecule has 0 aliphatic carbocycles. The third kappa shape index (κ3) is 2.49. The van der Waals surface area contributed by atoms with Crippen LogP contribution in [0, 0.1) is 0 Å². The Morgan fingerprint density at radius 3 is 3.00 bits per heavy atom. The van der Waals surface area contributed by atoms with Crippen LogP contribution >= 0.6 is 0 Å². The van der Waals surface area contributed by atoms with Crippen LogP contribution < -0.4 is 5.32 Å². The minimum absolute atomic E-state index is 0.185. The van der Waals surface area contributed by atoms with Crippen LogP contribution in [0.1, 0.15) is 6.42 Å². The second-order valence-electron chi connectivity index (χ2n) is 4.79. The number of rotatable bonds is 2. The van der Waals surface area contributed by atoms with E-state index in [9.17, 15) is 4.79 Å². The number of hydrogen-bond acceptors (Lipinski definition) is 5. The number of anilines is 1. The Morgan fingerprint density at radius 2 is 2.20 bits per heavy atom. The molecule has 0 spiro atoms. The number of hydrogen-bond donors (Lipinski definition) is 1. The van der Waals surface area contributed by atoms with Gasteiger partial charge < -0.3 is 15.0 Å². The monoisotopic (exact) mass is 272 g/mol. The van der Waals surface area contributed by atoms with Gasteiger partial charge in [-0.15, -0.1) is 0 Å². The summed E-state index contributed by atoms with van der Waals surface area (Å²) < 4.78 is 4.72. The number of ether oxygens (including phenoxy) is 1. The van der Waals surface area contributed by atoms with E-state index in [0.29, 0.717) is 13.1 Å². The first-order valence-electron chi connectivity index (χ1n) is 6.57. The summed E-state index contributed by atoms with van der Waals surface area (Å²) in [7, 11) is 1.40. The van der Waals surface area contributed by atoms with E-state index in [4.69, 9.17) is 4.74 Å². The maximum Gasteiger partial charge on any atom is 0.409 e. The maximum absolute atomic E-state index is 11.4. The third-order valence-electron chi connectivity index (χ3n) is 3.42. The molecule has 1 atom stereocenters. The normalized spacial score (nSPS) is 18.2. The summed E-state index contributed by atoms with van der Waals surface area (Å²) in [5.41, 5.74) is 1.74. The molecule has 0 unspecified atom stereocenters. The number of fused-ring (bicyclic) bond motifs is 1. The number of para-hydroxylation sites is 2. The van der Waals surface area contributed by atoms with E-state index in [-0.39, 0.29) is 12.1 Å². The summed E-state index contributed by atoms with van der Waals surface area (Å²) in [5, 5.41) is 3.32. The Labute approximate surface area is 116 Å². The molecule has 1 aromatic carbocycles. The number of benzene rings is 1. The molecule has 1 aliphatic rings. The van der Waals surface area contributed by atoms with E-state index in [0.717, 1.165) is 23.3 Å². The van der Waals surface area contributed by atoms with Crippen molar-refractivity contribution in [3.05, 3.63) is 30.5 Å². The lowest BCUT2D eigenvalue weighted by Crippen LogP contribution is -2.31. The van der Waals surface area contributed by atoms with Gasteiger partial charge in [0.15, 0.2) is 0 Å². The molecule has 6 nitrogen and oxygen atoms in total. The lowest BCUT2D eigenvalue weighted by atomic mass is 10.2. The van der Waals surface area contributed by atoms with E-state index in [1.54, 1.807) is 11.1 Å². The summed E-state index contributed by atoms with van der Waals surface area (Å²) in [4.78, 5) is 22.0. The first-order valence-corrected chi connectivity index (χ1v) is 6.57. The highest BCUT2D eigenvalue weighted by Crippen LogP contribution is 2.16. The summed E-state index contributed by atoms with van der Waals surface area (Å²) in [6.45, 7) is 1.33. The number of aromatic nitrogens is 2. The molecule has 20 heavy (non-hydrogen) atoms. The number of methoxy groups -OCH3 is 1. The second kappa shape index (κ2) is 5.32. The topological polar surface area (TPSA) is 67.3 Å². The molecule has 6 heteroatoms. The standard InChI is InChI=1S/C14H16N4O2/c1-20-14(19)18-7-6-10(9-18)16-13-8-15-11-4-2-3-5-12(11)17-13/h2-5,8,10H,6-7,9H2,1H3,(H,16,17)/t10-/m0/s1. The molecule has 1 amide bonds. The lowest BCUT2D eigenvalue weighted by Gasteiger charge is -2.15. The number of nitrogens with zero attached hydrogens (tertiary/aromatic N) is 3. The minimum Gasteiger partial charge on any atom is -0.453 e. The zero-order valence-corrected chi connectivity index (χ0v) is 11.2. The second-order valence-corrected chi connectivity index (χ2v) is 4.79. The molecule has 2 heterocycles. The molecule has 0 saturated carbocycles.